The van der Waals surface area contributed by atoms with Crippen molar-refractivity contribution in [1.82, 2.24) is 20.1 Å². The Balaban J connectivity index is 1.49. The van der Waals surface area contributed by atoms with Crippen LogP contribution in [0.1, 0.15) is 17.7 Å². The molecule has 0 spiro atoms. The predicted molar refractivity (Wildman–Crippen MR) is 102 cm³/mol. The second-order valence-electron chi connectivity index (χ2n) is 5.72. The SMILES string of the molecule is Cc1occc1-c1nnc(SCCC(=O)NCc2ccccc2Cl)n1C. The number of hydrogen-bond donors (Lipinski definition) is 1. The summed E-state index contributed by atoms with van der Waals surface area (Å²) in [6.45, 7) is 2.32. The van der Waals surface area contributed by atoms with E-state index in [1.165, 1.54) is 11.8 Å². The van der Waals surface area contributed by atoms with Gasteiger partial charge >= 0.3 is 0 Å². The highest BCUT2D eigenvalue weighted by molar-refractivity contribution is 7.99. The number of thioether (sulfide) groups is 1. The van der Waals surface area contributed by atoms with Crippen LogP contribution in [0, 0.1) is 6.92 Å². The van der Waals surface area contributed by atoms with Crippen LogP contribution in [-0.2, 0) is 18.4 Å². The minimum atomic E-state index is -0.0227. The molecule has 0 saturated heterocycles. The van der Waals surface area contributed by atoms with Gasteiger partial charge in [0.15, 0.2) is 11.0 Å². The number of halogens is 1. The molecular formula is C18H19ClN4O2S. The molecule has 2 heterocycles. The van der Waals surface area contributed by atoms with Gasteiger partial charge in [-0.05, 0) is 24.6 Å². The van der Waals surface area contributed by atoms with Crippen LogP contribution in [0.3, 0.4) is 0 Å². The molecule has 1 amide bonds. The molecule has 2 aromatic heterocycles. The fourth-order valence-corrected chi connectivity index (χ4v) is 3.50. The number of furan rings is 1. The van der Waals surface area contributed by atoms with Gasteiger partial charge in [-0.2, -0.15) is 0 Å². The largest absolute Gasteiger partial charge is 0.469 e. The topological polar surface area (TPSA) is 72.9 Å². The zero-order valence-corrected chi connectivity index (χ0v) is 16.1. The van der Waals surface area contributed by atoms with E-state index < -0.39 is 0 Å². The number of amides is 1. The number of carbonyl (C=O) groups excluding carboxylic acids is 1. The number of hydrogen-bond acceptors (Lipinski definition) is 5. The van der Waals surface area contributed by atoms with Crippen LogP contribution in [0.15, 0.2) is 46.2 Å². The summed E-state index contributed by atoms with van der Waals surface area (Å²) in [6, 6.07) is 9.35. The third-order valence-corrected chi connectivity index (χ3v) is 5.32. The molecule has 1 aromatic carbocycles. The number of aryl methyl sites for hydroxylation is 1. The Morgan fingerprint density at radius 3 is 2.85 bits per heavy atom. The zero-order valence-electron chi connectivity index (χ0n) is 14.5. The number of rotatable bonds is 7. The van der Waals surface area contributed by atoms with Gasteiger partial charge in [-0.3, -0.25) is 4.79 Å². The zero-order chi connectivity index (χ0) is 18.5. The Hall–Kier alpha value is -2.25. The molecule has 0 unspecified atom stereocenters. The Morgan fingerprint density at radius 1 is 1.31 bits per heavy atom. The van der Waals surface area contributed by atoms with Crippen molar-refractivity contribution in [2.45, 2.75) is 25.0 Å². The molecule has 3 aromatic rings. The van der Waals surface area contributed by atoms with Gasteiger partial charge < -0.3 is 14.3 Å². The molecule has 3 rings (SSSR count). The molecule has 0 saturated carbocycles. The van der Waals surface area contributed by atoms with Gasteiger partial charge in [-0.25, -0.2) is 0 Å². The first-order valence-electron chi connectivity index (χ1n) is 8.13. The average Bonchev–Trinajstić information content (AvgIpc) is 3.20. The summed E-state index contributed by atoms with van der Waals surface area (Å²) >= 11 is 7.58. The highest BCUT2D eigenvalue weighted by atomic mass is 35.5. The summed E-state index contributed by atoms with van der Waals surface area (Å²) in [7, 11) is 1.90. The summed E-state index contributed by atoms with van der Waals surface area (Å²) in [5.41, 5.74) is 1.83. The number of benzene rings is 1. The van der Waals surface area contributed by atoms with E-state index in [4.69, 9.17) is 16.0 Å². The lowest BCUT2D eigenvalue weighted by Gasteiger charge is -2.07. The molecule has 0 aliphatic carbocycles. The van der Waals surface area contributed by atoms with E-state index in [0.29, 0.717) is 23.7 Å². The molecule has 26 heavy (non-hydrogen) atoms. The first-order chi connectivity index (χ1) is 12.6. The lowest BCUT2D eigenvalue weighted by atomic mass is 10.2. The van der Waals surface area contributed by atoms with Gasteiger partial charge in [0, 0.05) is 30.8 Å². The normalized spacial score (nSPS) is 10.9. The first kappa shape index (κ1) is 18.5. The third-order valence-electron chi connectivity index (χ3n) is 3.93. The summed E-state index contributed by atoms with van der Waals surface area (Å²) in [4.78, 5) is 12.0. The Bertz CT molecular complexity index is 906. The number of nitrogens with one attached hydrogen (secondary N) is 1. The van der Waals surface area contributed by atoms with Crippen LogP contribution in [0.5, 0.6) is 0 Å². The molecule has 1 N–H and O–H groups in total. The maximum absolute atomic E-state index is 12.0. The molecular weight excluding hydrogens is 372 g/mol. The van der Waals surface area contributed by atoms with Gasteiger partial charge in [0.05, 0.1) is 11.8 Å². The van der Waals surface area contributed by atoms with E-state index in [1.807, 2.05) is 48.9 Å². The smallest absolute Gasteiger partial charge is 0.221 e. The van der Waals surface area contributed by atoms with Crippen molar-refractivity contribution in [2.24, 2.45) is 7.05 Å². The Labute approximate surface area is 160 Å². The van der Waals surface area contributed by atoms with Gasteiger partial charge in [0.1, 0.15) is 5.76 Å². The van der Waals surface area contributed by atoms with Crippen LogP contribution in [0.25, 0.3) is 11.4 Å². The molecule has 8 heteroatoms. The van der Waals surface area contributed by atoms with E-state index in [2.05, 4.69) is 15.5 Å². The maximum atomic E-state index is 12.0. The number of carbonyl (C=O) groups is 1. The van der Waals surface area contributed by atoms with Crippen molar-refractivity contribution in [2.75, 3.05) is 5.75 Å². The van der Waals surface area contributed by atoms with Gasteiger partial charge in [-0.15, -0.1) is 10.2 Å². The fraction of sp³-hybridized carbons (Fsp3) is 0.278. The third kappa shape index (κ3) is 4.28. The second-order valence-corrected chi connectivity index (χ2v) is 7.19. The monoisotopic (exact) mass is 390 g/mol. The lowest BCUT2D eigenvalue weighted by Crippen LogP contribution is -2.23. The van der Waals surface area contributed by atoms with E-state index in [0.717, 1.165) is 27.9 Å². The molecule has 136 valence electrons. The quantitative estimate of drug-likeness (QED) is 0.620. The van der Waals surface area contributed by atoms with Crippen LogP contribution in [0.4, 0.5) is 0 Å². The molecule has 0 aliphatic rings. The lowest BCUT2D eigenvalue weighted by molar-refractivity contribution is -0.120. The highest BCUT2D eigenvalue weighted by Crippen LogP contribution is 2.26. The van der Waals surface area contributed by atoms with Crippen LogP contribution in [-0.4, -0.2) is 26.4 Å². The second kappa shape index (κ2) is 8.42. The molecule has 0 radical (unpaired) electrons. The summed E-state index contributed by atoms with van der Waals surface area (Å²) in [5, 5.41) is 12.7. The van der Waals surface area contributed by atoms with E-state index in [9.17, 15) is 4.79 Å². The summed E-state index contributed by atoms with van der Waals surface area (Å²) in [5.74, 6) is 2.15. The van der Waals surface area contributed by atoms with E-state index in [-0.39, 0.29) is 5.91 Å². The number of aromatic nitrogens is 3. The van der Waals surface area contributed by atoms with Crippen molar-refractivity contribution in [3.05, 3.63) is 52.9 Å². The van der Waals surface area contributed by atoms with Crippen molar-refractivity contribution >= 4 is 29.3 Å². The van der Waals surface area contributed by atoms with Crippen molar-refractivity contribution < 1.29 is 9.21 Å². The summed E-state index contributed by atoms with van der Waals surface area (Å²) in [6.07, 6.45) is 2.03. The van der Waals surface area contributed by atoms with Crippen LogP contribution in [0.2, 0.25) is 5.02 Å². The van der Waals surface area contributed by atoms with Crippen molar-refractivity contribution in [3.8, 4) is 11.4 Å². The van der Waals surface area contributed by atoms with E-state index in [1.54, 1.807) is 6.26 Å². The van der Waals surface area contributed by atoms with Crippen LogP contribution >= 0.6 is 23.4 Å². The van der Waals surface area contributed by atoms with Gasteiger partial charge in [0.2, 0.25) is 5.91 Å². The molecule has 6 nitrogen and oxygen atoms in total. The maximum Gasteiger partial charge on any atom is 0.221 e. The molecule has 0 bridgehead atoms. The number of nitrogens with zero attached hydrogens (tertiary/aromatic N) is 3. The Morgan fingerprint density at radius 2 is 2.12 bits per heavy atom. The van der Waals surface area contributed by atoms with Crippen molar-refractivity contribution in [1.29, 1.82) is 0 Å². The molecule has 0 atom stereocenters. The van der Waals surface area contributed by atoms with Crippen LogP contribution < -0.4 is 5.32 Å². The average molecular weight is 391 g/mol. The minimum absolute atomic E-state index is 0.0227. The fourth-order valence-electron chi connectivity index (χ4n) is 2.45. The summed E-state index contributed by atoms with van der Waals surface area (Å²) < 4.78 is 7.22. The van der Waals surface area contributed by atoms with Gasteiger partial charge in [0.25, 0.3) is 0 Å². The standard InChI is InChI=1S/C18H19ClN4O2S/c1-12-14(7-9-25-12)17-21-22-18(23(17)2)26-10-8-16(24)20-11-13-5-3-4-6-15(13)19/h3-7,9H,8,10-11H2,1-2H3,(H,20,24). The minimum Gasteiger partial charge on any atom is -0.469 e. The molecule has 0 aliphatic heterocycles. The highest BCUT2D eigenvalue weighted by Gasteiger charge is 2.15. The van der Waals surface area contributed by atoms with Crippen molar-refractivity contribution in [3.63, 3.8) is 0 Å². The van der Waals surface area contributed by atoms with Gasteiger partial charge in [-0.1, -0.05) is 41.6 Å². The molecule has 0 fully saturated rings. The van der Waals surface area contributed by atoms with E-state index >= 15 is 0 Å². The Kier molecular flexibility index (Phi) is 6.00. The first-order valence-corrected chi connectivity index (χ1v) is 9.49. The predicted octanol–water partition coefficient (Wildman–Crippen LogP) is 3.84.